The predicted octanol–water partition coefficient (Wildman–Crippen LogP) is 3.35. The van der Waals surface area contributed by atoms with Gasteiger partial charge in [0.05, 0.1) is 0 Å². The Balaban J connectivity index is 0.000000711. The number of rotatable bonds is 2. The minimum absolute atomic E-state index is 0. The molecule has 2 aliphatic rings. The number of hydrogen-bond acceptors (Lipinski definition) is 1. The van der Waals surface area contributed by atoms with Crippen LogP contribution in [-0.2, 0) is 26.2 Å². The molecule has 0 aromatic heterocycles. The van der Waals surface area contributed by atoms with E-state index < -0.39 is 0 Å². The van der Waals surface area contributed by atoms with Gasteiger partial charge in [0.15, 0.2) is 0 Å². The topological polar surface area (TPSA) is 20.2 Å². The Morgan fingerprint density at radius 2 is 1.31 bits per heavy atom. The van der Waals surface area contributed by atoms with Gasteiger partial charge in [0.25, 0.3) is 0 Å². The van der Waals surface area contributed by atoms with Gasteiger partial charge in [-0.05, 0) is 12.8 Å². The van der Waals surface area contributed by atoms with Crippen LogP contribution in [0.1, 0.15) is 26.7 Å². The molecule has 2 heteroatoms. The first-order valence-corrected chi connectivity index (χ1v) is 5.29. The van der Waals surface area contributed by atoms with Gasteiger partial charge in [0.2, 0.25) is 0 Å². The van der Waals surface area contributed by atoms with Gasteiger partial charge in [-0.2, -0.15) is 6.42 Å². The number of allylic oxidation sites excluding steroid dienone is 8. The molecule has 86 valence electrons. The molecule has 2 aliphatic carbocycles. The Kier molecular flexibility index (Phi) is 7.71. The van der Waals surface area contributed by atoms with Crippen LogP contribution < -0.4 is 0 Å². The van der Waals surface area contributed by atoms with Crippen LogP contribution in [-0.4, -0.2) is 12.2 Å². The monoisotopic (exact) mass is 293 g/mol. The average molecular weight is 295 g/mol. The maximum Gasteiger partial charge on any atom is 0.0319 e. The van der Waals surface area contributed by atoms with E-state index in [2.05, 4.69) is 44.6 Å². The molecular weight excluding hydrogens is 275 g/mol. The maximum atomic E-state index is 7.00. The first kappa shape index (κ1) is 15.7. The normalized spacial score (nSPS) is 17.2. The van der Waals surface area contributed by atoms with Crippen molar-refractivity contribution >= 4 is 0 Å². The fourth-order valence-corrected chi connectivity index (χ4v) is 1.82. The van der Waals surface area contributed by atoms with Gasteiger partial charge in [-0.25, -0.2) is 0 Å². The molecule has 0 fully saturated rings. The predicted molar refractivity (Wildman–Crippen MR) is 65.4 cm³/mol. The quantitative estimate of drug-likeness (QED) is 0.774. The van der Waals surface area contributed by atoms with E-state index >= 15 is 0 Å². The second-order valence-corrected chi connectivity index (χ2v) is 3.77. The summed E-state index contributed by atoms with van der Waals surface area (Å²) >= 11 is 0. The Labute approximate surface area is 118 Å². The van der Waals surface area contributed by atoms with Gasteiger partial charge in [-0.15, -0.1) is 34.4 Å². The van der Waals surface area contributed by atoms with Crippen LogP contribution in [0.5, 0.6) is 0 Å². The Bertz CT molecular complexity index is 312. The Hall–Kier alpha value is -0.327. The van der Waals surface area contributed by atoms with E-state index in [1.807, 2.05) is 0 Å². The molecule has 1 nitrogen and oxygen atoms in total. The molecule has 0 atom stereocenters. The van der Waals surface area contributed by atoms with Crippen LogP contribution in [0.2, 0.25) is 0 Å². The van der Waals surface area contributed by atoms with Gasteiger partial charge in [0, 0.05) is 33.3 Å². The zero-order valence-corrected chi connectivity index (χ0v) is 12.7. The molecule has 0 saturated heterocycles. The first-order chi connectivity index (χ1) is 7.27. The summed E-state index contributed by atoms with van der Waals surface area (Å²) in [4.78, 5) is 0. The van der Waals surface area contributed by atoms with Crippen LogP contribution >= 0.6 is 0 Å². The standard InChI is InChI=1S/C13H15.CH4O.Zr/c1-10-5-3-7-12(10)9-13-8-4-6-11(13)2;1-2;/h3-6,9H,7-8H2,1-2H3;2H,1H3;/q-1;;. The summed E-state index contributed by atoms with van der Waals surface area (Å²) in [5.74, 6) is 0. The number of aliphatic hydroxyl groups is 1. The molecule has 0 heterocycles. The average Bonchev–Trinajstić information content (AvgIpc) is 2.82. The molecule has 0 bridgehead atoms. The van der Waals surface area contributed by atoms with Crippen molar-refractivity contribution in [3.63, 3.8) is 0 Å². The molecule has 0 radical (unpaired) electrons. The van der Waals surface area contributed by atoms with Gasteiger partial charge < -0.3 is 5.11 Å². The van der Waals surface area contributed by atoms with E-state index in [0.717, 1.165) is 20.0 Å². The molecule has 0 amide bonds. The Morgan fingerprint density at radius 1 is 0.938 bits per heavy atom. The largest absolute Gasteiger partial charge is 0.400 e. The van der Waals surface area contributed by atoms with E-state index in [0.29, 0.717) is 0 Å². The molecule has 0 spiro atoms. The zero-order chi connectivity index (χ0) is 11.3. The molecule has 0 saturated carbocycles. The summed E-state index contributed by atoms with van der Waals surface area (Å²) in [5.41, 5.74) is 5.82. The third-order valence-electron chi connectivity index (χ3n) is 2.77. The number of aliphatic hydroxyl groups excluding tert-OH is 1. The van der Waals surface area contributed by atoms with Crippen molar-refractivity contribution in [2.75, 3.05) is 7.11 Å². The molecule has 0 aromatic carbocycles. The number of hydrogen-bond donors (Lipinski definition) is 1. The third kappa shape index (κ3) is 3.92. The van der Waals surface area contributed by atoms with Crippen molar-refractivity contribution in [3.8, 4) is 0 Å². The van der Waals surface area contributed by atoms with Crippen molar-refractivity contribution in [1.82, 2.24) is 0 Å². The van der Waals surface area contributed by atoms with Crippen molar-refractivity contribution in [2.45, 2.75) is 26.7 Å². The zero-order valence-electron chi connectivity index (χ0n) is 10.2. The third-order valence-corrected chi connectivity index (χ3v) is 2.77. The fourth-order valence-electron chi connectivity index (χ4n) is 1.82. The van der Waals surface area contributed by atoms with Crippen LogP contribution in [0, 0.1) is 6.42 Å². The second-order valence-electron chi connectivity index (χ2n) is 3.77. The molecule has 0 aliphatic heterocycles. The minimum atomic E-state index is 0. The van der Waals surface area contributed by atoms with Crippen molar-refractivity contribution in [2.24, 2.45) is 0 Å². The van der Waals surface area contributed by atoms with E-state index in [9.17, 15) is 0 Å². The summed E-state index contributed by atoms with van der Waals surface area (Å²) in [5, 5.41) is 7.00. The Morgan fingerprint density at radius 3 is 1.56 bits per heavy atom. The van der Waals surface area contributed by atoms with E-state index in [1.54, 1.807) is 0 Å². The van der Waals surface area contributed by atoms with Crippen LogP contribution in [0.4, 0.5) is 0 Å². The van der Waals surface area contributed by atoms with Crippen molar-refractivity contribution in [1.29, 1.82) is 0 Å². The van der Waals surface area contributed by atoms with Crippen LogP contribution in [0.15, 0.2) is 46.6 Å². The fraction of sp³-hybridized carbons (Fsp3) is 0.357. The summed E-state index contributed by atoms with van der Waals surface area (Å²) in [6, 6.07) is 0. The summed E-state index contributed by atoms with van der Waals surface area (Å²) in [6.07, 6.45) is 13.5. The summed E-state index contributed by atoms with van der Waals surface area (Å²) in [7, 11) is 1.00. The van der Waals surface area contributed by atoms with Gasteiger partial charge in [-0.3, -0.25) is 0 Å². The van der Waals surface area contributed by atoms with Crippen LogP contribution in [0.25, 0.3) is 0 Å². The minimum Gasteiger partial charge on any atom is -0.400 e. The molecular formula is C14H19OZr-. The van der Waals surface area contributed by atoms with Crippen molar-refractivity contribution in [3.05, 3.63) is 53.0 Å². The molecule has 16 heavy (non-hydrogen) atoms. The molecule has 0 aromatic rings. The summed E-state index contributed by atoms with van der Waals surface area (Å²) in [6.45, 7) is 4.38. The van der Waals surface area contributed by atoms with Gasteiger partial charge in [-0.1, -0.05) is 26.0 Å². The van der Waals surface area contributed by atoms with Gasteiger partial charge in [0.1, 0.15) is 0 Å². The maximum absolute atomic E-state index is 7.00. The smallest absolute Gasteiger partial charge is 0.0319 e. The van der Waals surface area contributed by atoms with E-state index in [-0.39, 0.29) is 26.2 Å². The summed E-state index contributed by atoms with van der Waals surface area (Å²) < 4.78 is 0. The molecule has 2 rings (SSSR count). The van der Waals surface area contributed by atoms with Gasteiger partial charge >= 0.3 is 0 Å². The van der Waals surface area contributed by atoms with Crippen molar-refractivity contribution < 1.29 is 31.3 Å². The SMILES string of the molecule is CC1=C([CH-]C2=C(C)C=CC2)CC=C1.CO.[Zr]. The second kappa shape index (κ2) is 7.87. The first-order valence-electron chi connectivity index (χ1n) is 5.29. The van der Waals surface area contributed by atoms with Crippen LogP contribution in [0.3, 0.4) is 0 Å². The molecule has 1 N–H and O–H groups in total. The molecule has 0 unspecified atom stereocenters. The van der Waals surface area contributed by atoms with E-state index in [4.69, 9.17) is 5.11 Å². The van der Waals surface area contributed by atoms with E-state index in [1.165, 1.54) is 22.3 Å².